The molecular weight excluding hydrogens is 399 g/mol. The molecule has 0 unspecified atom stereocenters. The van der Waals surface area contributed by atoms with Crippen molar-refractivity contribution in [1.29, 1.82) is 0 Å². The Morgan fingerprint density at radius 1 is 1.27 bits per heavy atom. The van der Waals surface area contributed by atoms with Crippen molar-refractivity contribution in [3.8, 4) is 5.75 Å². The van der Waals surface area contributed by atoms with E-state index in [2.05, 4.69) is 20.0 Å². The average molecular weight is 419 g/mol. The van der Waals surface area contributed by atoms with Crippen LogP contribution in [0.25, 0.3) is 11.2 Å². The zero-order valence-corrected chi connectivity index (χ0v) is 16.2. The minimum absolute atomic E-state index is 0.119. The Hall–Kier alpha value is -3.30. The summed E-state index contributed by atoms with van der Waals surface area (Å²) in [6.45, 7) is 1.36. The highest BCUT2D eigenvalue weighted by Crippen LogP contribution is 2.28. The Bertz CT molecular complexity index is 1050. The maximum absolute atomic E-state index is 12.5. The standard InChI is InChI=1S/C20H20F3N5O2/c1-27-17(26-16-3-2-9-24-18(16)27)14-8-10-28(12-14)19(29)25-11-13-4-6-15(7-5-13)30-20(21,22)23/h2-7,9,14H,8,10-12H2,1H3,(H,25,29)/t14-/m0/s1. The summed E-state index contributed by atoms with van der Waals surface area (Å²) in [5.74, 6) is 0.727. The molecule has 1 N–H and O–H groups in total. The number of pyridine rings is 1. The van der Waals surface area contributed by atoms with Gasteiger partial charge < -0.3 is 19.5 Å². The van der Waals surface area contributed by atoms with Gasteiger partial charge in [0, 0.05) is 38.8 Å². The molecule has 0 aliphatic carbocycles. The Kier molecular flexibility index (Phi) is 5.23. The van der Waals surface area contributed by atoms with Crippen molar-refractivity contribution in [3.63, 3.8) is 0 Å². The molecule has 0 spiro atoms. The number of ether oxygens (including phenoxy) is 1. The second kappa shape index (κ2) is 7.85. The van der Waals surface area contributed by atoms with Crippen LogP contribution in [0.5, 0.6) is 5.75 Å². The van der Waals surface area contributed by atoms with Crippen molar-refractivity contribution in [3.05, 3.63) is 54.0 Å². The third-order valence-corrected chi connectivity index (χ3v) is 5.10. The van der Waals surface area contributed by atoms with Crippen molar-refractivity contribution in [2.24, 2.45) is 7.05 Å². The van der Waals surface area contributed by atoms with Gasteiger partial charge in [0.25, 0.3) is 0 Å². The second-order valence-corrected chi connectivity index (χ2v) is 7.16. The lowest BCUT2D eigenvalue weighted by atomic mass is 10.1. The van der Waals surface area contributed by atoms with Crippen molar-refractivity contribution >= 4 is 17.2 Å². The number of halogens is 3. The molecule has 2 aromatic heterocycles. The molecule has 2 amide bonds. The maximum atomic E-state index is 12.5. The van der Waals surface area contributed by atoms with Gasteiger partial charge in [-0.2, -0.15) is 0 Å². The number of aromatic nitrogens is 3. The summed E-state index contributed by atoms with van der Waals surface area (Å²) < 4.78 is 42.4. The number of likely N-dealkylation sites (tertiary alicyclic amines) is 1. The van der Waals surface area contributed by atoms with E-state index < -0.39 is 6.36 Å². The first kappa shape index (κ1) is 20.0. The van der Waals surface area contributed by atoms with E-state index in [0.717, 1.165) is 23.4 Å². The van der Waals surface area contributed by atoms with Gasteiger partial charge in [-0.25, -0.2) is 14.8 Å². The van der Waals surface area contributed by atoms with Gasteiger partial charge in [0.15, 0.2) is 5.65 Å². The predicted molar refractivity (Wildman–Crippen MR) is 103 cm³/mol. The van der Waals surface area contributed by atoms with Crippen LogP contribution in [0, 0.1) is 0 Å². The number of alkyl halides is 3. The number of urea groups is 1. The lowest BCUT2D eigenvalue weighted by molar-refractivity contribution is -0.274. The molecule has 1 fully saturated rings. The van der Waals surface area contributed by atoms with Crippen LogP contribution in [0.4, 0.5) is 18.0 Å². The number of amides is 2. The number of nitrogens with zero attached hydrogens (tertiary/aromatic N) is 4. The monoisotopic (exact) mass is 419 g/mol. The van der Waals surface area contributed by atoms with E-state index in [1.165, 1.54) is 24.3 Å². The third-order valence-electron chi connectivity index (χ3n) is 5.10. The molecule has 158 valence electrons. The molecule has 1 saturated heterocycles. The molecule has 1 aliphatic rings. The SMILES string of the molecule is Cn1c([C@H]2CCN(C(=O)NCc3ccc(OC(F)(F)F)cc3)C2)nc2cccnc21. The first-order valence-electron chi connectivity index (χ1n) is 9.45. The van der Waals surface area contributed by atoms with Gasteiger partial charge in [0.05, 0.1) is 0 Å². The summed E-state index contributed by atoms with van der Waals surface area (Å²) in [5.41, 5.74) is 2.32. The number of carbonyl (C=O) groups is 1. The topological polar surface area (TPSA) is 72.3 Å². The molecule has 0 saturated carbocycles. The van der Waals surface area contributed by atoms with Gasteiger partial charge in [-0.05, 0) is 36.2 Å². The van der Waals surface area contributed by atoms with Gasteiger partial charge in [0.2, 0.25) is 0 Å². The van der Waals surface area contributed by atoms with Crippen LogP contribution >= 0.6 is 0 Å². The maximum Gasteiger partial charge on any atom is 0.573 e. The van der Waals surface area contributed by atoms with Crippen molar-refractivity contribution in [2.75, 3.05) is 13.1 Å². The fraction of sp³-hybridized carbons (Fsp3) is 0.350. The van der Waals surface area contributed by atoms with Crippen LogP contribution in [0.1, 0.15) is 23.7 Å². The third kappa shape index (κ3) is 4.32. The van der Waals surface area contributed by atoms with E-state index in [0.29, 0.717) is 18.7 Å². The first-order valence-corrected chi connectivity index (χ1v) is 9.45. The van der Waals surface area contributed by atoms with Crippen molar-refractivity contribution < 1.29 is 22.7 Å². The normalized spacial score (nSPS) is 16.8. The van der Waals surface area contributed by atoms with E-state index in [1.807, 2.05) is 23.7 Å². The number of hydrogen-bond donors (Lipinski definition) is 1. The van der Waals surface area contributed by atoms with Gasteiger partial charge in [-0.3, -0.25) is 0 Å². The summed E-state index contributed by atoms with van der Waals surface area (Å²) in [7, 11) is 1.92. The molecule has 7 nitrogen and oxygen atoms in total. The number of fused-ring (bicyclic) bond motifs is 1. The van der Waals surface area contributed by atoms with Crippen LogP contribution < -0.4 is 10.1 Å². The van der Waals surface area contributed by atoms with Crippen LogP contribution in [0.3, 0.4) is 0 Å². The Morgan fingerprint density at radius 2 is 2.03 bits per heavy atom. The number of imidazole rings is 1. The van der Waals surface area contributed by atoms with E-state index in [1.54, 1.807) is 11.1 Å². The Labute approximate surface area is 170 Å². The fourth-order valence-electron chi connectivity index (χ4n) is 3.66. The lowest BCUT2D eigenvalue weighted by Gasteiger charge is -2.17. The molecule has 10 heteroatoms. The number of hydrogen-bond acceptors (Lipinski definition) is 4. The number of rotatable bonds is 4. The van der Waals surface area contributed by atoms with Gasteiger partial charge in [-0.1, -0.05) is 12.1 Å². The summed E-state index contributed by atoms with van der Waals surface area (Å²) >= 11 is 0. The highest BCUT2D eigenvalue weighted by molar-refractivity contribution is 5.75. The minimum atomic E-state index is -4.73. The zero-order chi connectivity index (χ0) is 21.3. The van der Waals surface area contributed by atoms with Crippen LogP contribution in [-0.2, 0) is 13.6 Å². The second-order valence-electron chi connectivity index (χ2n) is 7.16. The van der Waals surface area contributed by atoms with Crippen LogP contribution in [-0.4, -0.2) is 44.9 Å². The molecule has 3 aromatic rings. The fourth-order valence-corrected chi connectivity index (χ4v) is 3.66. The van der Waals surface area contributed by atoms with Crippen LogP contribution in [0.15, 0.2) is 42.6 Å². The largest absolute Gasteiger partial charge is 0.573 e. The molecule has 1 aromatic carbocycles. The molecule has 1 aliphatic heterocycles. The molecule has 0 bridgehead atoms. The molecule has 3 heterocycles. The zero-order valence-electron chi connectivity index (χ0n) is 16.2. The van der Waals surface area contributed by atoms with Gasteiger partial charge >= 0.3 is 12.4 Å². The summed E-state index contributed by atoms with van der Waals surface area (Å²) in [6, 6.07) is 8.96. The Balaban J connectivity index is 1.33. The van der Waals surface area contributed by atoms with E-state index in [4.69, 9.17) is 0 Å². The molecule has 30 heavy (non-hydrogen) atoms. The molecule has 0 radical (unpaired) electrons. The summed E-state index contributed by atoms with van der Waals surface area (Å²) in [4.78, 5) is 23.2. The van der Waals surface area contributed by atoms with Crippen molar-refractivity contribution in [2.45, 2.75) is 25.2 Å². The number of aryl methyl sites for hydroxylation is 1. The van der Waals surface area contributed by atoms with Gasteiger partial charge in [-0.15, -0.1) is 13.2 Å². The van der Waals surface area contributed by atoms with Crippen LogP contribution in [0.2, 0.25) is 0 Å². The predicted octanol–water partition coefficient (Wildman–Crippen LogP) is 3.57. The molecule has 1 atom stereocenters. The first-order chi connectivity index (χ1) is 14.3. The van der Waals surface area contributed by atoms with E-state index in [9.17, 15) is 18.0 Å². The number of benzene rings is 1. The average Bonchev–Trinajstić information content (AvgIpc) is 3.31. The smallest absolute Gasteiger partial charge is 0.406 e. The summed E-state index contributed by atoms with van der Waals surface area (Å²) in [5, 5.41) is 2.81. The minimum Gasteiger partial charge on any atom is -0.406 e. The highest BCUT2D eigenvalue weighted by atomic mass is 19.4. The number of nitrogens with one attached hydrogen (secondary N) is 1. The lowest BCUT2D eigenvalue weighted by Crippen LogP contribution is -2.38. The molecular formula is C20H20F3N5O2. The summed E-state index contributed by atoms with van der Waals surface area (Å²) in [6.07, 6.45) is -2.20. The highest BCUT2D eigenvalue weighted by Gasteiger charge is 2.31. The van der Waals surface area contributed by atoms with Crippen molar-refractivity contribution in [1.82, 2.24) is 24.8 Å². The molecule has 4 rings (SSSR count). The Morgan fingerprint density at radius 3 is 2.73 bits per heavy atom. The number of carbonyl (C=O) groups excluding carboxylic acids is 1. The van der Waals surface area contributed by atoms with Gasteiger partial charge in [0.1, 0.15) is 17.1 Å². The van der Waals surface area contributed by atoms with E-state index in [-0.39, 0.29) is 24.2 Å². The quantitative estimate of drug-likeness (QED) is 0.702. The van der Waals surface area contributed by atoms with E-state index >= 15 is 0 Å².